The Morgan fingerprint density at radius 3 is 2.90 bits per heavy atom. The van der Waals surface area contributed by atoms with Gasteiger partial charge in [-0.15, -0.1) is 11.3 Å². The van der Waals surface area contributed by atoms with Crippen LogP contribution in [0.3, 0.4) is 0 Å². The quantitative estimate of drug-likeness (QED) is 0.903. The molecule has 0 aromatic carbocycles. The highest BCUT2D eigenvalue weighted by atomic mass is 32.2. The predicted molar refractivity (Wildman–Crippen MR) is 86.2 cm³/mol. The van der Waals surface area contributed by atoms with E-state index >= 15 is 0 Å². The van der Waals surface area contributed by atoms with E-state index in [-0.39, 0.29) is 6.04 Å². The lowest BCUT2D eigenvalue weighted by Crippen LogP contribution is -2.45. The van der Waals surface area contributed by atoms with Gasteiger partial charge in [-0.1, -0.05) is 6.42 Å². The average Bonchev–Trinajstić information content (AvgIpc) is 3.13. The lowest BCUT2D eigenvalue weighted by molar-refractivity contribution is 0.202. The van der Waals surface area contributed by atoms with Crippen molar-refractivity contribution in [2.24, 2.45) is 5.92 Å². The second kappa shape index (κ2) is 6.36. The molecule has 1 aliphatic carbocycles. The fourth-order valence-electron chi connectivity index (χ4n) is 3.70. The van der Waals surface area contributed by atoms with Crippen LogP contribution in [0.5, 0.6) is 0 Å². The molecule has 21 heavy (non-hydrogen) atoms. The van der Waals surface area contributed by atoms with Crippen molar-refractivity contribution in [3.63, 3.8) is 0 Å². The van der Waals surface area contributed by atoms with Crippen LogP contribution in [0.4, 0.5) is 0 Å². The molecule has 1 aromatic heterocycles. The van der Waals surface area contributed by atoms with Gasteiger partial charge in [-0.25, -0.2) is 8.42 Å². The lowest BCUT2D eigenvalue weighted by Gasteiger charge is -2.36. The van der Waals surface area contributed by atoms with E-state index in [0.29, 0.717) is 16.7 Å². The smallest absolute Gasteiger partial charge is 0.252 e. The van der Waals surface area contributed by atoms with E-state index < -0.39 is 10.0 Å². The monoisotopic (exact) mass is 328 g/mol. The lowest BCUT2D eigenvalue weighted by atomic mass is 9.94. The summed E-state index contributed by atoms with van der Waals surface area (Å²) < 4.78 is 28.2. The molecule has 2 unspecified atom stereocenters. The summed E-state index contributed by atoms with van der Waals surface area (Å²) in [6, 6.07) is 4.01. The van der Waals surface area contributed by atoms with E-state index in [1.807, 2.05) is 17.4 Å². The molecule has 1 aliphatic heterocycles. The van der Waals surface area contributed by atoms with Crippen LogP contribution < -0.4 is 5.32 Å². The molecule has 0 bridgehead atoms. The zero-order chi connectivity index (χ0) is 14.9. The van der Waals surface area contributed by atoms with Crippen LogP contribution in [-0.2, 0) is 16.4 Å². The minimum atomic E-state index is -3.29. The summed E-state index contributed by atoms with van der Waals surface area (Å²) in [5, 5.41) is 3.10. The standard InChI is InChI=1S/C15H24N2O2S2/c1-16-10-9-13-7-8-15(20-13)21(18,19)17-11-3-5-12-4-2-6-14(12)17/h7-8,12,14,16H,2-6,9-11H2,1H3. The fourth-order valence-corrected chi connectivity index (χ4v) is 6.94. The molecule has 1 N–H and O–H groups in total. The summed E-state index contributed by atoms with van der Waals surface area (Å²) in [5.74, 6) is 0.595. The molecule has 118 valence electrons. The van der Waals surface area contributed by atoms with Gasteiger partial charge in [-0.3, -0.25) is 0 Å². The van der Waals surface area contributed by atoms with Crippen LogP contribution in [-0.4, -0.2) is 38.9 Å². The van der Waals surface area contributed by atoms with Crippen LogP contribution in [0, 0.1) is 5.92 Å². The van der Waals surface area contributed by atoms with Gasteiger partial charge in [0.25, 0.3) is 10.0 Å². The Morgan fingerprint density at radius 2 is 2.10 bits per heavy atom. The molecule has 1 saturated heterocycles. The summed E-state index contributed by atoms with van der Waals surface area (Å²) in [6.07, 6.45) is 6.53. The number of thiophene rings is 1. The third-order valence-corrected chi connectivity index (χ3v) is 8.30. The number of sulfonamides is 1. The third-order valence-electron chi connectivity index (χ3n) is 4.76. The van der Waals surface area contributed by atoms with Gasteiger partial charge >= 0.3 is 0 Å². The molecule has 1 aromatic rings. The zero-order valence-corrected chi connectivity index (χ0v) is 14.2. The molecule has 2 aliphatic rings. The van der Waals surface area contributed by atoms with Crippen LogP contribution in [0.15, 0.2) is 16.3 Å². The van der Waals surface area contributed by atoms with Crippen molar-refractivity contribution >= 4 is 21.4 Å². The fraction of sp³-hybridized carbons (Fsp3) is 0.733. The number of nitrogens with zero attached hydrogens (tertiary/aromatic N) is 1. The summed E-state index contributed by atoms with van der Waals surface area (Å²) in [5.41, 5.74) is 0. The molecule has 1 saturated carbocycles. The van der Waals surface area contributed by atoms with E-state index in [1.165, 1.54) is 30.6 Å². The normalized spacial score (nSPS) is 26.9. The summed E-state index contributed by atoms with van der Waals surface area (Å²) >= 11 is 1.44. The first kappa shape index (κ1) is 15.5. The first-order valence-electron chi connectivity index (χ1n) is 7.88. The van der Waals surface area contributed by atoms with Crippen molar-refractivity contribution in [2.75, 3.05) is 20.1 Å². The maximum atomic E-state index is 12.9. The van der Waals surface area contributed by atoms with Gasteiger partial charge in [0, 0.05) is 17.5 Å². The number of fused-ring (bicyclic) bond motifs is 1. The summed E-state index contributed by atoms with van der Waals surface area (Å²) in [4.78, 5) is 1.14. The molecule has 0 radical (unpaired) electrons. The molecular weight excluding hydrogens is 304 g/mol. The SMILES string of the molecule is CNCCc1ccc(S(=O)(=O)N2CCCC3CCCC32)s1. The van der Waals surface area contributed by atoms with Gasteiger partial charge in [0.15, 0.2) is 0 Å². The Labute approximate surface area is 131 Å². The van der Waals surface area contributed by atoms with Crippen molar-refractivity contribution in [1.82, 2.24) is 9.62 Å². The Morgan fingerprint density at radius 1 is 1.29 bits per heavy atom. The topological polar surface area (TPSA) is 49.4 Å². The van der Waals surface area contributed by atoms with E-state index in [0.717, 1.165) is 30.7 Å². The maximum absolute atomic E-state index is 12.9. The molecule has 2 atom stereocenters. The minimum Gasteiger partial charge on any atom is -0.319 e. The first-order chi connectivity index (χ1) is 10.1. The van der Waals surface area contributed by atoms with Crippen molar-refractivity contribution in [1.29, 1.82) is 0 Å². The minimum absolute atomic E-state index is 0.256. The molecule has 4 nitrogen and oxygen atoms in total. The Balaban J connectivity index is 1.80. The maximum Gasteiger partial charge on any atom is 0.252 e. The van der Waals surface area contributed by atoms with Gasteiger partial charge in [0.1, 0.15) is 4.21 Å². The average molecular weight is 329 g/mol. The van der Waals surface area contributed by atoms with Gasteiger partial charge < -0.3 is 5.32 Å². The van der Waals surface area contributed by atoms with Crippen molar-refractivity contribution < 1.29 is 8.42 Å². The molecular formula is C15H24N2O2S2. The predicted octanol–water partition coefficient (Wildman–Crippen LogP) is 2.46. The Kier molecular flexibility index (Phi) is 4.69. The van der Waals surface area contributed by atoms with Gasteiger partial charge in [-0.2, -0.15) is 4.31 Å². The number of nitrogens with one attached hydrogen (secondary N) is 1. The molecule has 0 spiro atoms. The number of hydrogen-bond donors (Lipinski definition) is 1. The van der Waals surface area contributed by atoms with E-state index in [9.17, 15) is 8.42 Å². The van der Waals surface area contributed by atoms with Gasteiger partial charge in [-0.05, 0) is 63.7 Å². The van der Waals surface area contributed by atoms with Crippen molar-refractivity contribution in [3.8, 4) is 0 Å². The van der Waals surface area contributed by atoms with Gasteiger partial charge in [0.05, 0.1) is 0 Å². The van der Waals surface area contributed by atoms with E-state index in [4.69, 9.17) is 0 Å². The van der Waals surface area contributed by atoms with Crippen LogP contribution in [0.25, 0.3) is 0 Å². The molecule has 6 heteroatoms. The highest BCUT2D eigenvalue weighted by Gasteiger charge is 2.41. The zero-order valence-electron chi connectivity index (χ0n) is 12.5. The second-order valence-corrected chi connectivity index (χ2v) is 9.38. The summed E-state index contributed by atoms with van der Waals surface area (Å²) in [6.45, 7) is 1.58. The van der Waals surface area contributed by atoms with Crippen LogP contribution in [0.1, 0.15) is 37.0 Å². The van der Waals surface area contributed by atoms with Crippen molar-refractivity contribution in [2.45, 2.75) is 48.8 Å². The Bertz CT molecular complexity index is 582. The number of hydrogen-bond acceptors (Lipinski definition) is 4. The molecule has 2 heterocycles. The van der Waals surface area contributed by atoms with Gasteiger partial charge in [0.2, 0.25) is 0 Å². The molecule has 0 amide bonds. The Hall–Kier alpha value is -0.430. The first-order valence-corrected chi connectivity index (χ1v) is 10.1. The van der Waals surface area contributed by atoms with Crippen molar-refractivity contribution in [3.05, 3.63) is 17.0 Å². The van der Waals surface area contributed by atoms with Crippen LogP contribution >= 0.6 is 11.3 Å². The summed E-state index contributed by atoms with van der Waals surface area (Å²) in [7, 11) is -1.37. The number of likely N-dealkylation sites (N-methyl/N-ethyl adjacent to an activating group) is 1. The molecule has 2 fully saturated rings. The highest BCUT2D eigenvalue weighted by molar-refractivity contribution is 7.91. The number of rotatable bonds is 5. The third kappa shape index (κ3) is 3.04. The number of piperidine rings is 1. The second-order valence-electron chi connectivity index (χ2n) is 6.09. The largest absolute Gasteiger partial charge is 0.319 e. The molecule has 3 rings (SSSR count). The van der Waals surface area contributed by atoms with E-state index in [2.05, 4.69) is 5.32 Å². The van der Waals surface area contributed by atoms with E-state index in [1.54, 1.807) is 6.07 Å². The highest BCUT2D eigenvalue weighted by Crippen LogP contribution is 2.40. The van der Waals surface area contributed by atoms with Crippen LogP contribution in [0.2, 0.25) is 0 Å².